The standard InChI is InChI=1S/C17H18BrN3O2/c1-2-5-13-7-8-16(15(18)10-13)23-12-17(22)21-20-11-14-6-3-4-9-19-14/h3-4,6-11H,2,5,12H2,1H3,(H,21,22)/b20-11+. The van der Waals surface area contributed by atoms with Gasteiger partial charge in [-0.2, -0.15) is 5.10 Å². The molecule has 0 atom stereocenters. The normalized spacial score (nSPS) is 10.7. The summed E-state index contributed by atoms with van der Waals surface area (Å²) in [7, 11) is 0. The second kappa shape index (κ2) is 9.05. The molecule has 1 heterocycles. The van der Waals surface area contributed by atoms with E-state index < -0.39 is 0 Å². The molecule has 0 saturated heterocycles. The molecule has 0 fully saturated rings. The molecule has 120 valence electrons. The van der Waals surface area contributed by atoms with Gasteiger partial charge in [-0.3, -0.25) is 9.78 Å². The lowest BCUT2D eigenvalue weighted by Crippen LogP contribution is -2.24. The van der Waals surface area contributed by atoms with E-state index in [9.17, 15) is 4.79 Å². The zero-order valence-electron chi connectivity index (χ0n) is 12.8. The van der Waals surface area contributed by atoms with E-state index in [0.717, 1.165) is 17.3 Å². The number of rotatable bonds is 7. The predicted octanol–water partition coefficient (Wildman–Crippen LogP) is 3.33. The fourth-order valence-corrected chi connectivity index (χ4v) is 2.44. The molecule has 23 heavy (non-hydrogen) atoms. The second-order valence-corrected chi connectivity index (χ2v) is 5.71. The van der Waals surface area contributed by atoms with Crippen LogP contribution in [0.5, 0.6) is 5.75 Å². The molecule has 1 amide bonds. The van der Waals surface area contributed by atoms with Crippen LogP contribution in [0.4, 0.5) is 0 Å². The summed E-state index contributed by atoms with van der Waals surface area (Å²) >= 11 is 3.46. The van der Waals surface area contributed by atoms with E-state index >= 15 is 0 Å². The quantitative estimate of drug-likeness (QED) is 0.596. The van der Waals surface area contributed by atoms with Gasteiger partial charge in [0.25, 0.3) is 5.91 Å². The maximum absolute atomic E-state index is 11.7. The van der Waals surface area contributed by atoms with Crippen LogP contribution in [-0.4, -0.2) is 23.7 Å². The van der Waals surface area contributed by atoms with Crippen LogP contribution in [0.15, 0.2) is 52.2 Å². The Balaban J connectivity index is 1.81. The van der Waals surface area contributed by atoms with Gasteiger partial charge in [0.15, 0.2) is 6.61 Å². The molecule has 0 saturated carbocycles. The minimum atomic E-state index is -0.332. The monoisotopic (exact) mass is 375 g/mol. The van der Waals surface area contributed by atoms with Crippen molar-refractivity contribution < 1.29 is 9.53 Å². The van der Waals surface area contributed by atoms with E-state index in [-0.39, 0.29) is 12.5 Å². The number of pyridine rings is 1. The first kappa shape index (κ1) is 17.1. The summed E-state index contributed by atoms with van der Waals surface area (Å²) in [5, 5.41) is 3.84. The van der Waals surface area contributed by atoms with Crippen molar-refractivity contribution in [1.82, 2.24) is 10.4 Å². The van der Waals surface area contributed by atoms with Crippen molar-refractivity contribution >= 4 is 28.1 Å². The Labute approximate surface area is 143 Å². The van der Waals surface area contributed by atoms with Crippen molar-refractivity contribution in [3.63, 3.8) is 0 Å². The molecule has 6 heteroatoms. The lowest BCUT2D eigenvalue weighted by atomic mass is 10.1. The van der Waals surface area contributed by atoms with Gasteiger partial charge in [0.1, 0.15) is 5.75 Å². The number of hydrazone groups is 1. The summed E-state index contributed by atoms with van der Waals surface area (Å²) in [6.45, 7) is 2.03. The number of hydrogen-bond donors (Lipinski definition) is 1. The molecule has 2 aromatic rings. The van der Waals surface area contributed by atoms with Crippen molar-refractivity contribution in [2.75, 3.05) is 6.61 Å². The van der Waals surface area contributed by atoms with Gasteiger partial charge < -0.3 is 4.74 Å². The van der Waals surface area contributed by atoms with Crippen molar-refractivity contribution in [2.24, 2.45) is 5.10 Å². The highest BCUT2D eigenvalue weighted by Gasteiger charge is 2.06. The lowest BCUT2D eigenvalue weighted by molar-refractivity contribution is -0.123. The van der Waals surface area contributed by atoms with E-state index in [1.165, 1.54) is 11.8 Å². The number of carbonyl (C=O) groups excluding carboxylic acids is 1. The van der Waals surface area contributed by atoms with Gasteiger partial charge in [-0.25, -0.2) is 5.43 Å². The Bertz CT molecular complexity index is 675. The number of nitrogens with zero attached hydrogens (tertiary/aromatic N) is 2. The van der Waals surface area contributed by atoms with E-state index in [1.807, 2.05) is 30.3 Å². The first-order chi connectivity index (χ1) is 11.2. The van der Waals surface area contributed by atoms with E-state index in [4.69, 9.17) is 4.74 Å². The topological polar surface area (TPSA) is 63.6 Å². The van der Waals surface area contributed by atoms with Crippen LogP contribution >= 0.6 is 15.9 Å². The van der Waals surface area contributed by atoms with Crippen molar-refractivity contribution in [1.29, 1.82) is 0 Å². The summed E-state index contributed by atoms with van der Waals surface area (Å²) in [6.07, 6.45) is 5.24. The molecule has 0 aliphatic carbocycles. The molecule has 0 bridgehead atoms. The molecule has 0 unspecified atom stereocenters. The minimum absolute atomic E-state index is 0.106. The van der Waals surface area contributed by atoms with Gasteiger partial charge in [0, 0.05) is 6.20 Å². The lowest BCUT2D eigenvalue weighted by Gasteiger charge is -2.08. The number of halogens is 1. The van der Waals surface area contributed by atoms with Crippen LogP contribution < -0.4 is 10.2 Å². The van der Waals surface area contributed by atoms with Crippen LogP contribution in [0.3, 0.4) is 0 Å². The third-order valence-corrected chi connectivity index (χ3v) is 3.59. The van der Waals surface area contributed by atoms with E-state index in [0.29, 0.717) is 11.4 Å². The molecule has 1 aromatic carbocycles. The number of amides is 1. The number of hydrogen-bond acceptors (Lipinski definition) is 4. The summed E-state index contributed by atoms with van der Waals surface area (Å²) in [4.78, 5) is 15.8. The zero-order chi connectivity index (χ0) is 16.5. The minimum Gasteiger partial charge on any atom is -0.483 e. The Morgan fingerprint density at radius 3 is 2.96 bits per heavy atom. The summed E-state index contributed by atoms with van der Waals surface area (Å²) in [5.41, 5.74) is 4.30. The molecule has 5 nitrogen and oxygen atoms in total. The molecule has 1 aromatic heterocycles. The van der Waals surface area contributed by atoms with Gasteiger partial charge in [-0.05, 0) is 52.2 Å². The highest BCUT2D eigenvalue weighted by Crippen LogP contribution is 2.26. The van der Waals surface area contributed by atoms with Crippen LogP contribution in [-0.2, 0) is 11.2 Å². The fraction of sp³-hybridized carbons (Fsp3) is 0.235. The van der Waals surface area contributed by atoms with Crippen molar-refractivity contribution in [3.05, 3.63) is 58.3 Å². The largest absolute Gasteiger partial charge is 0.483 e. The number of ether oxygens (including phenoxy) is 1. The average Bonchev–Trinajstić information content (AvgIpc) is 2.55. The zero-order valence-corrected chi connectivity index (χ0v) is 14.4. The van der Waals surface area contributed by atoms with Crippen molar-refractivity contribution in [2.45, 2.75) is 19.8 Å². The molecule has 0 radical (unpaired) electrons. The molecule has 2 rings (SSSR count). The van der Waals surface area contributed by atoms with E-state index in [2.05, 4.69) is 38.4 Å². The van der Waals surface area contributed by atoms with Crippen LogP contribution in [0.2, 0.25) is 0 Å². The van der Waals surface area contributed by atoms with Gasteiger partial charge in [0.05, 0.1) is 16.4 Å². The molecule has 0 aliphatic rings. The summed E-state index contributed by atoms with van der Waals surface area (Å²) in [6, 6.07) is 11.3. The SMILES string of the molecule is CCCc1ccc(OCC(=O)N/N=C/c2ccccn2)c(Br)c1. The highest BCUT2D eigenvalue weighted by molar-refractivity contribution is 9.10. The Morgan fingerprint density at radius 1 is 1.39 bits per heavy atom. The van der Waals surface area contributed by atoms with Gasteiger partial charge in [-0.1, -0.05) is 25.5 Å². The van der Waals surface area contributed by atoms with Gasteiger partial charge >= 0.3 is 0 Å². The summed E-state index contributed by atoms with van der Waals surface area (Å²) < 4.78 is 6.33. The second-order valence-electron chi connectivity index (χ2n) is 4.85. The first-order valence-corrected chi connectivity index (χ1v) is 8.12. The molecular formula is C17H18BrN3O2. The van der Waals surface area contributed by atoms with Gasteiger partial charge in [0.2, 0.25) is 0 Å². The maximum Gasteiger partial charge on any atom is 0.277 e. The third-order valence-electron chi connectivity index (χ3n) is 2.97. The van der Waals surface area contributed by atoms with Gasteiger partial charge in [-0.15, -0.1) is 0 Å². The first-order valence-electron chi connectivity index (χ1n) is 7.33. The Morgan fingerprint density at radius 2 is 2.26 bits per heavy atom. The number of nitrogens with one attached hydrogen (secondary N) is 1. The smallest absolute Gasteiger partial charge is 0.277 e. The molecular weight excluding hydrogens is 358 g/mol. The van der Waals surface area contributed by atoms with Crippen molar-refractivity contribution in [3.8, 4) is 5.75 Å². The Kier molecular flexibility index (Phi) is 6.75. The predicted molar refractivity (Wildman–Crippen MR) is 93.6 cm³/mol. The summed E-state index contributed by atoms with van der Waals surface area (Å²) in [5.74, 6) is 0.301. The van der Waals surface area contributed by atoms with Crippen LogP contribution in [0, 0.1) is 0 Å². The number of benzene rings is 1. The fourth-order valence-electron chi connectivity index (χ4n) is 1.90. The average molecular weight is 376 g/mol. The number of aryl methyl sites for hydroxylation is 1. The van der Waals surface area contributed by atoms with E-state index in [1.54, 1.807) is 12.3 Å². The van der Waals surface area contributed by atoms with Crippen LogP contribution in [0.25, 0.3) is 0 Å². The molecule has 0 spiro atoms. The third kappa shape index (κ3) is 5.83. The molecule has 1 N–H and O–H groups in total. The van der Waals surface area contributed by atoms with Crippen LogP contribution in [0.1, 0.15) is 24.6 Å². The molecule has 0 aliphatic heterocycles. The maximum atomic E-state index is 11.7. The highest BCUT2D eigenvalue weighted by atomic mass is 79.9. The number of aromatic nitrogens is 1. The Hall–Kier alpha value is -2.21. The number of carbonyl (C=O) groups is 1.